The van der Waals surface area contributed by atoms with Crippen molar-refractivity contribution in [3.8, 4) is 0 Å². The minimum atomic E-state index is 0.472. The van der Waals surface area contributed by atoms with Crippen LogP contribution in [0, 0.1) is 0 Å². The quantitative estimate of drug-likeness (QED) is 0.668. The molecule has 0 saturated carbocycles. The van der Waals surface area contributed by atoms with Crippen LogP contribution in [0.25, 0.3) is 0 Å². The van der Waals surface area contributed by atoms with Crippen LogP contribution in [0.15, 0.2) is 12.4 Å². The van der Waals surface area contributed by atoms with Gasteiger partial charge in [0.05, 0.1) is 0 Å². The summed E-state index contributed by atoms with van der Waals surface area (Å²) >= 11 is 4.33. The first-order valence-electron chi connectivity index (χ1n) is 4.56. The standard InChI is InChI=1S/C9H18N2S/c1-3-4-5-11-7-6-10(2)9(11)8-12/h6-7,9,12H,3-5,8H2,1-2H3. The maximum absolute atomic E-state index is 4.33. The Hall–Kier alpha value is -0.310. The number of hydrogen-bond donors (Lipinski definition) is 1. The lowest BCUT2D eigenvalue weighted by atomic mass is 10.3. The highest BCUT2D eigenvalue weighted by molar-refractivity contribution is 7.80. The molecule has 70 valence electrons. The van der Waals surface area contributed by atoms with Crippen molar-refractivity contribution in [2.45, 2.75) is 25.9 Å². The second kappa shape index (κ2) is 4.65. The van der Waals surface area contributed by atoms with Crippen molar-refractivity contribution in [3.63, 3.8) is 0 Å². The molecule has 0 amide bonds. The van der Waals surface area contributed by atoms with Gasteiger partial charge in [0.25, 0.3) is 0 Å². The number of nitrogens with zero attached hydrogens (tertiary/aromatic N) is 2. The topological polar surface area (TPSA) is 6.48 Å². The van der Waals surface area contributed by atoms with Gasteiger partial charge in [-0.2, -0.15) is 12.6 Å². The summed E-state index contributed by atoms with van der Waals surface area (Å²) in [6.45, 7) is 3.38. The van der Waals surface area contributed by atoms with E-state index in [2.05, 4.69) is 48.8 Å². The van der Waals surface area contributed by atoms with E-state index in [1.165, 1.54) is 12.8 Å². The SMILES string of the molecule is CCCCN1C=CN(C)C1CS. The van der Waals surface area contributed by atoms with Crippen molar-refractivity contribution in [1.82, 2.24) is 9.80 Å². The van der Waals surface area contributed by atoms with E-state index in [1.54, 1.807) is 0 Å². The molecule has 0 bridgehead atoms. The lowest BCUT2D eigenvalue weighted by molar-refractivity contribution is 0.198. The first kappa shape index (κ1) is 9.78. The molecule has 1 unspecified atom stereocenters. The van der Waals surface area contributed by atoms with Gasteiger partial charge in [0.15, 0.2) is 0 Å². The summed E-state index contributed by atoms with van der Waals surface area (Å²) in [5.41, 5.74) is 0. The molecular weight excluding hydrogens is 168 g/mol. The Morgan fingerprint density at radius 3 is 2.75 bits per heavy atom. The molecule has 0 radical (unpaired) electrons. The van der Waals surface area contributed by atoms with Crippen molar-refractivity contribution < 1.29 is 0 Å². The Morgan fingerprint density at radius 1 is 1.42 bits per heavy atom. The molecule has 0 fully saturated rings. The van der Waals surface area contributed by atoms with E-state index < -0.39 is 0 Å². The molecule has 1 aliphatic rings. The molecule has 0 aromatic rings. The summed E-state index contributed by atoms with van der Waals surface area (Å²) < 4.78 is 0. The highest BCUT2D eigenvalue weighted by Crippen LogP contribution is 2.15. The Balaban J connectivity index is 2.38. The van der Waals surface area contributed by atoms with E-state index in [4.69, 9.17) is 0 Å². The van der Waals surface area contributed by atoms with Gasteiger partial charge < -0.3 is 9.80 Å². The summed E-state index contributed by atoms with van der Waals surface area (Å²) in [5, 5.41) is 0. The Kier molecular flexibility index (Phi) is 3.79. The average molecular weight is 186 g/mol. The molecule has 1 atom stereocenters. The molecule has 12 heavy (non-hydrogen) atoms. The van der Waals surface area contributed by atoms with Gasteiger partial charge in [0, 0.05) is 31.7 Å². The van der Waals surface area contributed by atoms with Gasteiger partial charge >= 0.3 is 0 Å². The normalized spacial score (nSPS) is 22.4. The van der Waals surface area contributed by atoms with E-state index in [0.717, 1.165) is 12.3 Å². The second-order valence-electron chi connectivity index (χ2n) is 3.22. The van der Waals surface area contributed by atoms with E-state index >= 15 is 0 Å². The summed E-state index contributed by atoms with van der Waals surface area (Å²) in [6.07, 6.45) is 7.28. The zero-order valence-corrected chi connectivity index (χ0v) is 8.80. The zero-order chi connectivity index (χ0) is 8.97. The molecule has 1 aliphatic heterocycles. The van der Waals surface area contributed by atoms with Crippen molar-refractivity contribution in [2.24, 2.45) is 0 Å². The first-order chi connectivity index (χ1) is 5.79. The fourth-order valence-electron chi connectivity index (χ4n) is 1.42. The van der Waals surface area contributed by atoms with Crippen LogP contribution >= 0.6 is 12.6 Å². The Labute approximate surface area is 80.6 Å². The summed E-state index contributed by atoms with van der Waals surface area (Å²) in [5.74, 6) is 0.896. The second-order valence-corrected chi connectivity index (χ2v) is 3.58. The van der Waals surface area contributed by atoms with Gasteiger partial charge in [-0.25, -0.2) is 0 Å². The predicted octanol–water partition coefficient (Wildman–Crippen LogP) is 1.76. The van der Waals surface area contributed by atoms with Crippen LogP contribution in [-0.2, 0) is 0 Å². The van der Waals surface area contributed by atoms with Crippen LogP contribution in [0.1, 0.15) is 19.8 Å². The van der Waals surface area contributed by atoms with Gasteiger partial charge in [-0.1, -0.05) is 13.3 Å². The highest BCUT2D eigenvalue weighted by Gasteiger charge is 2.20. The molecule has 0 aromatic heterocycles. The van der Waals surface area contributed by atoms with Crippen LogP contribution in [0.2, 0.25) is 0 Å². The molecule has 2 nitrogen and oxygen atoms in total. The van der Waals surface area contributed by atoms with Gasteiger partial charge in [-0.05, 0) is 6.42 Å². The Bertz CT molecular complexity index is 159. The maximum atomic E-state index is 4.33. The minimum Gasteiger partial charge on any atom is -0.358 e. The molecular formula is C9H18N2S. The van der Waals surface area contributed by atoms with E-state index in [0.29, 0.717) is 6.17 Å². The van der Waals surface area contributed by atoms with Crippen molar-refractivity contribution in [1.29, 1.82) is 0 Å². The van der Waals surface area contributed by atoms with E-state index in [9.17, 15) is 0 Å². The zero-order valence-electron chi connectivity index (χ0n) is 7.90. The monoisotopic (exact) mass is 186 g/mol. The summed E-state index contributed by atoms with van der Waals surface area (Å²) in [7, 11) is 2.10. The molecule has 0 spiro atoms. The van der Waals surface area contributed by atoms with Gasteiger partial charge in [-0.3, -0.25) is 0 Å². The fraction of sp³-hybridized carbons (Fsp3) is 0.778. The van der Waals surface area contributed by atoms with Crippen LogP contribution in [-0.4, -0.2) is 35.3 Å². The largest absolute Gasteiger partial charge is 0.358 e. The van der Waals surface area contributed by atoms with Crippen LogP contribution in [0.3, 0.4) is 0 Å². The summed E-state index contributed by atoms with van der Waals surface area (Å²) in [4.78, 5) is 4.57. The number of hydrogen-bond acceptors (Lipinski definition) is 3. The summed E-state index contributed by atoms with van der Waals surface area (Å²) in [6, 6.07) is 0. The lowest BCUT2D eigenvalue weighted by Crippen LogP contribution is -2.38. The third kappa shape index (κ3) is 2.09. The highest BCUT2D eigenvalue weighted by atomic mass is 32.1. The molecule has 3 heteroatoms. The van der Waals surface area contributed by atoms with Crippen molar-refractivity contribution in [2.75, 3.05) is 19.3 Å². The van der Waals surface area contributed by atoms with Gasteiger partial charge in [-0.15, -0.1) is 0 Å². The first-order valence-corrected chi connectivity index (χ1v) is 5.19. The van der Waals surface area contributed by atoms with Crippen LogP contribution in [0.4, 0.5) is 0 Å². The molecule has 1 heterocycles. The smallest absolute Gasteiger partial charge is 0.109 e. The number of thiol groups is 1. The fourth-order valence-corrected chi connectivity index (χ4v) is 1.89. The molecule has 0 N–H and O–H groups in total. The Morgan fingerprint density at radius 2 is 2.17 bits per heavy atom. The van der Waals surface area contributed by atoms with E-state index in [1.807, 2.05) is 0 Å². The van der Waals surface area contributed by atoms with Gasteiger partial charge in [0.2, 0.25) is 0 Å². The predicted molar refractivity (Wildman–Crippen MR) is 56.2 cm³/mol. The lowest BCUT2D eigenvalue weighted by Gasteiger charge is -2.28. The maximum Gasteiger partial charge on any atom is 0.109 e. The molecule has 0 saturated heterocycles. The third-order valence-electron chi connectivity index (χ3n) is 2.28. The van der Waals surface area contributed by atoms with Crippen LogP contribution < -0.4 is 0 Å². The van der Waals surface area contributed by atoms with E-state index in [-0.39, 0.29) is 0 Å². The number of unbranched alkanes of at least 4 members (excludes halogenated alkanes) is 1. The number of rotatable bonds is 4. The third-order valence-corrected chi connectivity index (χ3v) is 2.61. The molecule has 0 aliphatic carbocycles. The minimum absolute atomic E-state index is 0.472. The van der Waals surface area contributed by atoms with Crippen molar-refractivity contribution in [3.05, 3.63) is 12.4 Å². The average Bonchev–Trinajstić information content (AvgIpc) is 2.43. The molecule has 0 aromatic carbocycles. The van der Waals surface area contributed by atoms with Crippen LogP contribution in [0.5, 0.6) is 0 Å². The van der Waals surface area contributed by atoms with Crippen molar-refractivity contribution >= 4 is 12.6 Å². The van der Waals surface area contributed by atoms with Gasteiger partial charge in [0.1, 0.15) is 6.17 Å². The molecule has 1 rings (SSSR count).